The molecule has 2 aromatic rings. The molecule has 1 N–H and O–H groups in total. The fraction of sp³-hybridized carbons (Fsp3) is 0.429. The van der Waals surface area contributed by atoms with E-state index in [9.17, 15) is 0 Å². The highest BCUT2D eigenvalue weighted by Gasteiger charge is 2.28. The Bertz CT molecular complexity index is 611. The molecule has 2 unspecified atom stereocenters. The molecule has 18 heavy (non-hydrogen) atoms. The van der Waals surface area contributed by atoms with Crippen LogP contribution in [0, 0.1) is 24.2 Å². The Labute approximate surface area is 106 Å². The van der Waals surface area contributed by atoms with Crippen molar-refractivity contribution in [1.82, 2.24) is 4.98 Å². The van der Waals surface area contributed by atoms with Crippen LogP contribution < -0.4 is 5.32 Å². The molecule has 4 heteroatoms. The highest BCUT2D eigenvalue weighted by Crippen LogP contribution is 2.29. The molecular formula is C14H15N3O. The van der Waals surface area contributed by atoms with Gasteiger partial charge in [0.1, 0.15) is 5.52 Å². The predicted molar refractivity (Wildman–Crippen MR) is 69.1 cm³/mol. The van der Waals surface area contributed by atoms with Crippen molar-refractivity contribution in [3.63, 3.8) is 0 Å². The first-order valence-corrected chi connectivity index (χ1v) is 6.29. The predicted octanol–water partition coefficient (Wildman–Crippen LogP) is 3.24. The molecule has 1 aromatic heterocycles. The van der Waals surface area contributed by atoms with Gasteiger partial charge in [-0.15, -0.1) is 0 Å². The zero-order chi connectivity index (χ0) is 12.5. The Kier molecular flexibility index (Phi) is 2.67. The van der Waals surface area contributed by atoms with Gasteiger partial charge in [-0.1, -0.05) is 6.07 Å². The summed E-state index contributed by atoms with van der Waals surface area (Å²) in [6.45, 7) is 2.03. The van der Waals surface area contributed by atoms with Crippen molar-refractivity contribution in [3.05, 3.63) is 23.8 Å². The van der Waals surface area contributed by atoms with Crippen molar-refractivity contribution in [2.45, 2.75) is 32.2 Å². The van der Waals surface area contributed by atoms with Crippen LogP contribution in [-0.2, 0) is 0 Å². The molecule has 1 heterocycles. The average Bonchev–Trinajstić information content (AvgIpc) is 2.94. The molecule has 0 aliphatic heterocycles. The first-order valence-electron chi connectivity index (χ1n) is 6.29. The fourth-order valence-electron chi connectivity index (χ4n) is 2.55. The number of nitrogens with one attached hydrogen (secondary N) is 1. The number of nitrogens with zero attached hydrogens (tertiary/aromatic N) is 2. The lowest BCUT2D eigenvalue weighted by Gasteiger charge is -2.12. The Morgan fingerprint density at radius 2 is 2.33 bits per heavy atom. The summed E-state index contributed by atoms with van der Waals surface area (Å²) < 4.78 is 5.65. The third kappa shape index (κ3) is 1.92. The standard InChI is InChI=1S/C14H15N3O/c1-9-5-6-13-12(7-9)17-14(18-13)16-11-4-2-3-10(11)8-15/h5-7,10-11H,2-4H2,1H3,(H,16,17). The van der Waals surface area contributed by atoms with Gasteiger partial charge >= 0.3 is 0 Å². The monoisotopic (exact) mass is 241 g/mol. The number of aryl methyl sites for hydroxylation is 1. The summed E-state index contributed by atoms with van der Waals surface area (Å²) in [5, 5.41) is 12.3. The zero-order valence-corrected chi connectivity index (χ0v) is 10.3. The van der Waals surface area contributed by atoms with Crippen LogP contribution >= 0.6 is 0 Å². The molecule has 1 aromatic carbocycles. The normalized spacial score (nSPS) is 23.1. The average molecular weight is 241 g/mol. The van der Waals surface area contributed by atoms with Gasteiger partial charge in [0.05, 0.1) is 12.0 Å². The highest BCUT2D eigenvalue weighted by atomic mass is 16.4. The number of fused-ring (bicyclic) bond motifs is 1. The maximum absolute atomic E-state index is 9.05. The quantitative estimate of drug-likeness (QED) is 0.876. The molecule has 1 saturated carbocycles. The van der Waals surface area contributed by atoms with E-state index in [1.807, 2.05) is 25.1 Å². The van der Waals surface area contributed by atoms with Crippen LogP contribution in [0.2, 0.25) is 0 Å². The number of oxazole rings is 1. The fourth-order valence-corrected chi connectivity index (χ4v) is 2.55. The molecule has 1 aliphatic carbocycles. The zero-order valence-electron chi connectivity index (χ0n) is 10.3. The molecule has 0 spiro atoms. The van der Waals surface area contributed by atoms with Gasteiger partial charge < -0.3 is 9.73 Å². The van der Waals surface area contributed by atoms with Crippen LogP contribution in [0.4, 0.5) is 6.01 Å². The summed E-state index contributed by atoms with van der Waals surface area (Å²) >= 11 is 0. The number of hydrogen-bond acceptors (Lipinski definition) is 4. The van der Waals surface area contributed by atoms with E-state index in [1.54, 1.807) is 0 Å². The molecule has 4 nitrogen and oxygen atoms in total. The van der Waals surface area contributed by atoms with Crippen molar-refractivity contribution in [1.29, 1.82) is 5.26 Å². The van der Waals surface area contributed by atoms with Gasteiger partial charge in [0, 0.05) is 6.04 Å². The number of rotatable bonds is 2. The van der Waals surface area contributed by atoms with Crippen LogP contribution in [0.5, 0.6) is 0 Å². The lowest BCUT2D eigenvalue weighted by Crippen LogP contribution is -2.22. The Balaban J connectivity index is 1.85. The second-order valence-corrected chi connectivity index (χ2v) is 4.91. The van der Waals surface area contributed by atoms with Crippen LogP contribution in [0.15, 0.2) is 22.6 Å². The van der Waals surface area contributed by atoms with Gasteiger partial charge in [-0.05, 0) is 43.9 Å². The lowest BCUT2D eigenvalue weighted by atomic mass is 10.1. The van der Waals surface area contributed by atoms with Crippen molar-refractivity contribution in [2.24, 2.45) is 5.92 Å². The molecule has 0 amide bonds. The minimum atomic E-state index is 0.0711. The first kappa shape index (κ1) is 11.1. The molecule has 2 atom stereocenters. The molecule has 0 saturated heterocycles. The molecule has 0 bridgehead atoms. The number of benzene rings is 1. The summed E-state index contributed by atoms with van der Waals surface area (Å²) in [4.78, 5) is 4.42. The van der Waals surface area contributed by atoms with Gasteiger partial charge in [-0.25, -0.2) is 0 Å². The SMILES string of the molecule is Cc1ccc2oc(NC3CCCC3C#N)nc2c1. The molecular weight excluding hydrogens is 226 g/mol. The van der Waals surface area contributed by atoms with E-state index in [1.165, 1.54) is 0 Å². The van der Waals surface area contributed by atoms with Crippen molar-refractivity contribution >= 4 is 17.1 Å². The lowest BCUT2D eigenvalue weighted by molar-refractivity contribution is 0.565. The molecule has 3 rings (SSSR count). The molecule has 1 aliphatic rings. The summed E-state index contributed by atoms with van der Waals surface area (Å²) in [6.07, 6.45) is 3.07. The van der Waals surface area contributed by atoms with Crippen LogP contribution in [-0.4, -0.2) is 11.0 Å². The van der Waals surface area contributed by atoms with E-state index in [-0.39, 0.29) is 12.0 Å². The van der Waals surface area contributed by atoms with Gasteiger partial charge in [0.15, 0.2) is 5.58 Å². The molecule has 1 fully saturated rings. The third-order valence-corrected chi connectivity index (χ3v) is 3.53. The molecule has 0 radical (unpaired) electrons. The summed E-state index contributed by atoms with van der Waals surface area (Å²) in [7, 11) is 0. The van der Waals surface area contributed by atoms with Crippen LogP contribution in [0.3, 0.4) is 0 Å². The Morgan fingerprint density at radius 3 is 3.17 bits per heavy atom. The molecule has 92 valence electrons. The van der Waals surface area contributed by atoms with E-state index in [2.05, 4.69) is 16.4 Å². The van der Waals surface area contributed by atoms with Gasteiger partial charge in [0.2, 0.25) is 0 Å². The Morgan fingerprint density at radius 1 is 1.44 bits per heavy atom. The van der Waals surface area contributed by atoms with E-state index >= 15 is 0 Å². The van der Waals surface area contributed by atoms with Crippen molar-refractivity contribution < 1.29 is 4.42 Å². The maximum Gasteiger partial charge on any atom is 0.295 e. The largest absolute Gasteiger partial charge is 0.424 e. The Hall–Kier alpha value is -2.02. The number of anilines is 1. The van der Waals surface area contributed by atoms with Gasteiger partial charge in [-0.2, -0.15) is 10.2 Å². The van der Waals surface area contributed by atoms with Gasteiger partial charge in [-0.3, -0.25) is 0 Å². The summed E-state index contributed by atoms with van der Waals surface area (Å²) in [6, 6.07) is 8.98. The van der Waals surface area contributed by atoms with E-state index in [4.69, 9.17) is 9.68 Å². The number of aromatic nitrogens is 1. The van der Waals surface area contributed by atoms with E-state index in [0.717, 1.165) is 35.9 Å². The summed E-state index contributed by atoms with van der Waals surface area (Å²) in [5.74, 6) is 0.0711. The smallest absolute Gasteiger partial charge is 0.295 e. The minimum Gasteiger partial charge on any atom is -0.424 e. The minimum absolute atomic E-state index is 0.0711. The topological polar surface area (TPSA) is 61.9 Å². The van der Waals surface area contributed by atoms with Crippen molar-refractivity contribution in [3.8, 4) is 6.07 Å². The van der Waals surface area contributed by atoms with Crippen LogP contribution in [0.1, 0.15) is 24.8 Å². The number of hydrogen-bond donors (Lipinski definition) is 1. The van der Waals surface area contributed by atoms with E-state index in [0.29, 0.717) is 6.01 Å². The first-order chi connectivity index (χ1) is 8.76. The third-order valence-electron chi connectivity index (χ3n) is 3.53. The second kappa shape index (κ2) is 4.34. The maximum atomic E-state index is 9.05. The second-order valence-electron chi connectivity index (χ2n) is 4.91. The summed E-state index contributed by atoms with van der Waals surface area (Å²) in [5.41, 5.74) is 2.82. The van der Waals surface area contributed by atoms with Gasteiger partial charge in [0.25, 0.3) is 6.01 Å². The van der Waals surface area contributed by atoms with Crippen molar-refractivity contribution in [2.75, 3.05) is 5.32 Å². The van der Waals surface area contributed by atoms with Crippen LogP contribution in [0.25, 0.3) is 11.1 Å². The van der Waals surface area contributed by atoms with E-state index < -0.39 is 0 Å². The highest BCUT2D eigenvalue weighted by molar-refractivity contribution is 5.75. The number of nitriles is 1.